The van der Waals surface area contributed by atoms with E-state index in [1.54, 1.807) is 0 Å². The van der Waals surface area contributed by atoms with Crippen molar-refractivity contribution in [3.63, 3.8) is 0 Å². The number of ether oxygens (including phenoxy) is 2. The third kappa shape index (κ3) is 2.68. The van der Waals surface area contributed by atoms with Gasteiger partial charge in [0.15, 0.2) is 21.3 Å². The van der Waals surface area contributed by atoms with Gasteiger partial charge < -0.3 is 20.3 Å². The number of sulfone groups is 1. The molecule has 0 heterocycles. The SMILES string of the molecule is COc1ccc(S(=O)(=O)C(N)CO)cc1OC. The average molecular weight is 261 g/mol. The van der Waals surface area contributed by atoms with Crippen LogP contribution >= 0.6 is 0 Å². The lowest BCUT2D eigenvalue weighted by Gasteiger charge is -2.13. The van der Waals surface area contributed by atoms with Crippen molar-refractivity contribution in [3.8, 4) is 11.5 Å². The molecule has 0 aliphatic heterocycles. The van der Waals surface area contributed by atoms with Gasteiger partial charge in [0.2, 0.25) is 0 Å². The van der Waals surface area contributed by atoms with Gasteiger partial charge in [0.1, 0.15) is 5.37 Å². The summed E-state index contributed by atoms with van der Waals surface area (Å²) in [6.45, 7) is -0.642. The van der Waals surface area contributed by atoms with Crippen molar-refractivity contribution in [1.29, 1.82) is 0 Å². The fraction of sp³-hybridized carbons (Fsp3) is 0.400. The monoisotopic (exact) mass is 261 g/mol. The van der Waals surface area contributed by atoms with Gasteiger partial charge in [0, 0.05) is 6.07 Å². The maximum absolute atomic E-state index is 11.8. The third-order valence-corrected chi connectivity index (χ3v) is 4.12. The molecule has 1 atom stereocenters. The molecule has 0 fully saturated rings. The Balaban J connectivity index is 3.25. The second-order valence-electron chi connectivity index (χ2n) is 3.28. The molecule has 0 aromatic heterocycles. The van der Waals surface area contributed by atoms with Gasteiger partial charge in [-0.1, -0.05) is 0 Å². The quantitative estimate of drug-likeness (QED) is 0.758. The number of hydrogen-bond acceptors (Lipinski definition) is 6. The maximum Gasteiger partial charge on any atom is 0.196 e. The molecule has 0 saturated carbocycles. The molecule has 7 heteroatoms. The summed E-state index contributed by atoms with van der Waals surface area (Å²) in [6, 6.07) is 4.13. The number of benzene rings is 1. The summed E-state index contributed by atoms with van der Waals surface area (Å²) in [4.78, 5) is -0.0169. The van der Waals surface area contributed by atoms with Crippen LogP contribution in [0.25, 0.3) is 0 Å². The highest BCUT2D eigenvalue weighted by Crippen LogP contribution is 2.30. The number of methoxy groups -OCH3 is 2. The van der Waals surface area contributed by atoms with E-state index >= 15 is 0 Å². The van der Waals surface area contributed by atoms with Gasteiger partial charge in [-0.25, -0.2) is 8.42 Å². The van der Waals surface area contributed by atoms with Gasteiger partial charge >= 0.3 is 0 Å². The summed E-state index contributed by atoms with van der Waals surface area (Å²) in [5.74, 6) is 0.711. The first-order valence-electron chi connectivity index (χ1n) is 4.79. The molecule has 3 N–H and O–H groups in total. The van der Waals surface area contributed by atoms with E-state index in [2.05, 4.69) is 0 Å². The third-order valence-electron chi connectivity index (χ3n) is 2.26. The highest BCUT2D eigenvalue weighted by molar-refractivity contribution is 7.92. The Morgan fingerprint density at radius 1 is 1.29 bits per heavy atom. The van der Waals surface area contributed by atoms with E-state index in [0.29, 0.717) is 11.5 Å². The van der Waals surface area contributed by atoms with Crippen molar-refractivity contribution in [2.24, 2.45) is 5.73 Å². The molecule has 0 amide bonds. The Hall–Kier alpha value is -1.31. The molecule has 1 aromatic rings. The van der Waals surface area contributed by atoms with Gasteiger partial charge in [-0.3, -0.25) is 0 Å². The fourth-order valence-electron chi connectivity index (χ4n) is 1.27. The molecule has 96 valence electrons. The lowest BCUT2D eigenvalue weighted by atomic mass is 10.3. The van der Waals surface area contributed by atoms with E-state index in [9.17, 15) is 8.42 Å². The molecule has 0 aliphatic carbocycles. The summed E-state index contributed by atoms with van der Waals surface area (Å²) in [6.07, 6.45) is 0. The largest absolute Gasteiger partial charge is 0.493 e. The summed E-state index contributed by atoms with van der Waals surface area (Å²) >= 11 is 0. The Labute approximate surface area is 99.9 Å². The highest BCUT2D eigenvalue weighted by Gasteiger charge is 2.24. The van der Waals surface area contributed by atoms with Crippen LogP contribution in [0.2, 0.25) is 0 Å². The number of hydrogen-bond donors (Lipinski definition) is 2. The van der Waals surface area contributed by atoms with E-state index in [4.69, 9.17) is 20.3 Å². The van der Waals surface area contributed by atoms with Crippen molar-refractivity contribution < 1.29 is 23.0 Å². The summed E-state index contributed by atoms with van der Waals surface area (Å²) in [5.41, 5.74) is 5.33. The number of nitrogens with two attached hydrogens (primary N) is 1. The second kappa shape index (κ2) is 5.35. The Morgan fingerprint density at radius 2 is 1.88 bits per heavy atom. The van der Waals surface area contributed by atoms with Gasteiger partial charge in [0.25, 0.3) is 0 Å². The topological polar surface area (TPSA) is 98.9 Å². The van der Waals surface area contributed by atoms with Crippen LogP contribution in [-0.4, -0.2) is 39.7 Å². The first kappa shape index (κ1) is 13.8. The maximum atomic E-state index is 11.8. The molecule has 0 spiro atoms. The zero-order chi connectivity index (χ0) is 13.1. The van der Waals surface area contributed by atoms with E-state index in [1.165, 1.54) is 32.4 Å². The standard InChI is InChI=1S/C10H15NO5S/c1-15-8-4-3-7(5-9(8)16-2)17(13,14)10(11)6-12/h3-5,10,12H,6,11H2,1-2H3. The van der Waals surface area contributed by atoms with Crippen LogP contribution in [0, 0.1) is 0 Å². The van der Waals surface area contributed by atoms with Gasteiger partial charge in [0.05, 0.1) is 25.7 Å². The second-order valence-corrected chi connectivity index (χ2v) is 5.45. The number of aliphatic hydroxyl groups excluding tert-OH is 1. The van der Waals surface area contributed by atoms with Crippen LogP contribution in [-0.2, 0) is 9.84 Å². The Kier molecular flexibility index (Phi) is 4.33. The van der Waals surface area contributed by atoms with Crippen LogP contribution < -0.4 is 15.2 Å². The molecule has 0 saturated heterocycles. The first-order valence-corrected chi connectivity index (χ1v) is 6.34. The molecule has 6 nitrogen and oxygen atoms in total. The van der Waals surface area contributed by atoms with Crippen molar-refractivity contribution in [2.75, 3.05) is 20.8 Å². The van der Waals surface area contributed by atoms with Crippen molar-refractivity contribution in [2.45, 2.75) is 10.3 Å². The van der Waals surface area contributed by atoms with Crippen molar-refractivity contribution in [1.82, 2.24) is 0 Å². The summed E-state index contributed by atoms with van der Waals surface area (Å²) < 4.78 is 33.7. The molecule has 1 rings (SSSR count). The van der Waals surface area contributed by atoms with Gasteiger partial charge in [-0.05, 0) is 12.1 Å². The number of rotatable bonds is 5. The summed E-state index contributed by atoms with van der Waals surface area (Å²) in [5, 5.41) is 7.45. The minimum Gasteiger partial charge on any atom is -0.493 e. The highest BCUT2D eigenvalue weighted by atomic mass is 32.2. The van der Waals surface area contributed by atoms with Gasteiger partial charge in [-0.2, -0.15) is 0 Å². The molecule has 0 aliphatic rings. The molecule has 17 heavy (non-hydrogen) atoms. The predicted molar refractivity (Wildman–Crippen MR) is 61.8 cm³/mol. The Morgan fingerprint density at radius 3 is 2.35 bits per heavy atom. The van der Waals surface area contributed by atoms with E-state index in [-0.39, 0.29) is 4.90 Å². The lowest BCUT2D eigenvalue weighted by molar-refractivity contribution is 0.292. The van der Waals surface area contributed by atoms with Crippen LogP contribution in [0.1, 0.15) is 0 Å². The predicted octanol–water partition coefficient (Wildman–Crippen LogP) is -0.245. The van der Waals surface area contributed by atoms with Crippen molar-refractivity contribution in [3.05, 3.63) is 18.2 Å². The van der Waals surface area contributed by atoms with Crippen LogP contribution in [0.15, 0.2) is 23.1 Å². The van der Waals surface area contributed by atoms with Crippen LogP contribution in [0.4, 0.5) is 0 Å². The Bertz CT molecular complexity index is 485. The molecule has 0 bridgehead atoms. The molecule has 0 radical (unpaired) electrons. The molecule has 1 aromatic carbocycles. The van der Waals surface area contributed by atoms with E-state index in [1.807, 2.05) is 0 Å². The molecule has 1 unspecified atom stereocenters. The van der Waals surface area contributed by atoms with E-state index < -0.39 is 21.8 Å². The van der Waals surface area contributed by atoms with E-state index in [0.717, 1.165) is 0 Å². The zero-order valence-electron chi connectivity index (χ0n) is 9.58. The number of aliphatic hydroxyl groups is 1. The smallest absolute Gasteiger partial charge is 0.196 e. The van der Waals surface area contributed by atoms with Gasteiger partial charge in [-0.15, -0.1) is 0 Å². The summed E-state index contributed by atoms with van der Waals surface area (Å²) in [7, 11) is -0.902. The lowest BCUT2D eigenvalue weighted by Crippen LogP contribution is -2.34. The zero-order valence-corrected chi connectivity index (χ0v) is 10.4. The minimum absolute atomic E-state index is 0.0169. The average Bonchev–Trinajstić information content (AvgIpc) is 2.36. The van der Waals surface area contributed by atoms with Crippen molar-refractivity contribution >= 4 is 9.84 Å². The first-order chi connectivity index (χ1) is 7.97. The molecular formula is C10H15NO5S. The molecular weight excluding hydrogens is 246 g/mol. The normalized spacial score (nSPS) is 13.2. The van der Waals surface area contributed by atoms with Crippen LogP contribution in [0.5, 0.6) is 11.5 Å². The fourth-order valence-corrected chi connectivity index (χ4v) is 2.34. The van der Waals surface area contributed by atoms with Crippen LogP contribution in [0.3, 0.4) is 0 Å². The minimum atomic E-state index is -3.75.